The SMILES string of the molecule is C=Nc1cccc(N2C(=O)C(C3CC3)C2c2c(F)cc(C(/C=C/CC)=N/C=C\C)cc2F)c1. The lowest BCUT2D eigenvalue weighted by atomic mass is 9.78. The molecular formula is C27H27F2N3O. The van der Waals surface area contributed by atoms with E-state index in [0.29, 0.717) is 22.6 Å². The van der Waals surface area contributed by atoms with Gasteiger partial charge in [-0.1, -0.05) is 25.1 Å². The Hall–Kier alpha value is -3.41. The molecule has 2 aliphatic rings. The maximum atomic E-state index is 15.5. The molecule has 4 rings (SSSR count). The van der Waals surface area contributed by atoms with Crippen LogP contribution in [-0.2, 0) is 4.79 Å². The first-order valence-corrected chi connectivity index (χ1v) is 11.2. The van der Waals surface area contributed by atoms with Gasteiger partial charge in [-0.2, -0.15) is 0 Å². The van der Waals surface area contributed by atoms with Gasteiger partial charge in [0.2, 0.25) is 5.91 Å². The van der Waals surface area contributed by atoms with Crippen molar-refractivity contribution in [3.05, 3.63) is 83.6 Å². The number of amides is 1. The van der Waals surface area contributed by atoms with Gasteiger partial charge in [0.1, 0.15) is 11.6 Å². The number of rotatable bonds is 8. The van der Waals surface area contributed by atoms with Crippen molar-refractivity contribution in [1.29, 1.82) is 0 Å². The first kappa shape index (κ1) is 22.8. The number of anilines is 1. The molecule has 2 atom stereocenters. The third-order valence-electron chi connectivity index (χ3n) is 6.11. The van der Waals surface area contributed by atoms with E-state index >= 15 is 8.78 Å². The van der Waals surface area contributed by atoms with Gasteiger partial charge in [-0.3, -0.25) is 14.8 Å². The number of aliphatic imine (C=N–C) groups is 2. The molecule has 2 unspecified atom stereocenters. The van der Waals surface area contributed by atoms with Crippen molar-refractivity contribution in [1.82, 2.24) is 0 Å². The molecule has 0 N–H and O–H groups in total. The first-order valence-electron chi connectivity index (χ1n) is 11.2. The fourth-order valence-electron chi connectivity index (χ4n) is 4.38. The van der Waals surface area contributed by atoms with Crippen LogP contribution in [0.15, 0.2) is 70.8 Å². The highest BCUT2D eigenvalue weighted by atomic mass is 19.1. The summed E-state index contributed by atoms with van der Waals surface area (Å²) in [4.78, 5) is 22.8. The van der Waals surface area contributed by atoms with Crippen LogP contribution in [0.5, 0.6) is 0 Å². The quantitative estimate of drug-likeness (QED) is 0.328. The van der Waals surface area contributed by atoms with Crippen molar-refractivity contribution in [3.8, 4) is 0 Å². The number of nitrogens with zero attached hydrogens (tertiary/aromatic N) is 3. The Kier molecular flexibility index (Phi) is 6.63. The second kappa shape index (κ2) is 9.61. The molecule has 0 aromatic heterocycles. The molecular weight excluding hydrogens is 420 g/mol. The van der Waals surface area contributed by atoms with Crippen molar-refractivity contribution in [2.24, 2.45) is 21.8 Å². The molecule has 1 heterocycles. The summed E-state index contributed by atoms with van der Waals surface area (Å²) in [6.45, 7) is 7.33. The summed E-state index contributed by atoms with van der Waals surface area (Å²) in [6, 6.07) is 8.92. The molecule has 1 aliphatic heterocycles. The summed E-state index contributed by atoms with van der Waals surface area (Å²) in [6.07, 6.45) is 9.58. The fourth-order valence-corrected chi connectivity index (χ4v) is 4.38. The number of hydrogen-bond donors (Lipinski definition) is 0. The van der Waals surface area contributed by atoms with E-state index in [0.717, 1.165) is 19.3 Å². The van der Waals surface area contributed by atoms with Crippen LogP contribution in [0, 0.1) is 23.5 Å². The summed E-state index contributed by atoms with van der Waals surface area (Å²) in [5.41, 5.74) is 1.92. The third kappa shape index (κ3) is 4.42. The standard InChI is InChI=1S/C27H27F2N3O/c1-4-6-10-23(31-13-5-2)18-14-21(28)25(22(29)15-18)26-24(17-11-12-17)27(33)32(26)20-9-7-8-19(16-20)30-3/h5-10,13-17,24,26H,3-4,11-12H2,1-2H3/b10-6+,13-5-,31-23+. The second-order valence-corrected chi connectivity index (χ2v) is 8.36. The summed E-state index contributed by atoms with van der Waals surface area (Å²) in [7, 11) is 0. The molecule has 1 saturated carbocycles. The third-order valence-corrected chi connectivity index (χ3v) is 6.11. The van der Waals surface area contributed by atoms with Crippen LogP contribution in [0.4, 0.5) is 20.2 Å². The zero-order valence-corrected chi connectivity index (χ0v) is 18.8. The molecule has 170 valence electrons. The molecule has 1 saturated heterocycles. The molecule has 2 aromatic carbocycles. The highest BCUT2D eigenvalue weighted by Gasteiger charge is 2.56. The summed E-state index contributed by atoms with van der Waals surface area (Å²) < 4.78 is 31.0. The van der Waals surface area contributed by atoms with E-state index in [4.69, 9.17) is 0 Å². The van der Waals surface area contributed by atoms with Crippen LogP contribution >= 0.6 is 0 Å². The Bertz CT molecular complexity index is 1140. The smallest absolute Gasteiger partial charge is 0.233 e. The maximum absolute atomic E-state index is 15.5. The second-order valence-electron chi connectivity index (χ2n) is 8.36. The Balaban J connectivity index is 1.77. The Morgan fingerprint density at radius 1 is 1.21 bits per heavy atom. The van der Waals surface area contributed by atoms with E-state index in [9.17, 15) is 4.79 Å². The monoisotopic (exact) mass is 447 g/mol. The van der Waals surface area contributed by atoms with Gasteiger partial charge >= 0.3 is 0 Å². The van der Waals surface area contributed by atoms with E-state index in [1.54, 1.807) is 42.6 Å². The number of hydrogen-bond acceptors (Lipinski definition) is 3. The first-order chi connectivity index (χ1) is 16.0. The van der Waals surface area contributed by atoms with E-state index in [2.05, 4.69) is 16.7 Å². The van der Waals surface area contributed by atoms with Crippen molar-refractivity contribution in [3.63, 3.8) is 0 Å². The maximum Gasteiger partial charge on any atom is 0.233 e. The van der Waals surface area contributed by atoms with E-state index < -0.39 is 23.6 Å². The molecule has 0 bridgehead atoms. The zero-order chi connectivity index (χ0) is 23.5. The Morgan fingerprint density at radius 3 is 2.55 bits per heavy atom. The van der Waals surface area contributed by atoms with Crippen LogP contribution in [0.1, 0.15) is 50.3 Å². The molecule has 2 aromatic rings. The Morgan fingerprint density at radius 2 is 1.94 bits per heavy atom. The summed E-state index contributed by atoms with van der Waals surface area (Å²) in [5.74, 6) is -1.70. The molecule has 0 spiro atoms. The minimum Gasteiger partial charge on any atom is -0.303 e. The minimum absolute atomic E-state index is 0.0722. The molecule has 1 amide bonds. The number of carbonyl (C=O) groups is 1. The van der Waals surface area contributed by atoms with Crippen molar-refractivity contribution < 1.29 is 13.6 Å². The van der Waals surface area contributed by atoms with Gasteiger partial charge in [-0.05, 0) is 75.2 Å². The Labute approximate surface area is 193 Å². The average molecular weight is 448 g/mol. The van der Waals surface area contributed by atoms with Crippen LogP contribution in [0.25, 0.3) is 0 Å². The van der Waals surface area contributed by atoms with Crippen molar-refractivity contribution >= 4 is 29.7 Å². The van der Waals surface area contributed by atoms with Crippen LogP contribution in [0.3, 0.4) is 0 Å². The normalized spacial score (nSPS) is 21.2. The number of halogens is 2. The van der Waals surface area contributed by atoms with E-state index in [1.807, 2.05) is 19.9 Å². The molecule has 33 heavy (non-hydrogen) atoms. The van der Waals surface area contributed by atoms with Gasteiger partial charge in [0.15, 0.2) is 0 Å². The molecule has 0 radical (unpaired) electrons. The van der Waals surface area contributed by atoms with Crippen LogP contribution < -0.4 is 4.90 Å². The van der Waals surface area contributed by atoms with E-state index in [-0.39, 0.29) is 17.4 Å². The lowest BCUT2D eigenvalue weighted by Crippen LogP contribution is -2.56. The van der Waals surface area contributed by atoms with Gasteiger partial charge in [0, 0.05) is 23.0 Å². The fraction of sp³-hybridized carbons (Fsp3) is 0.296. The van der Waals surface area contributed by atoms with Gasteiger partial charge in [0.25, 0.3) is 0 Å². The highest BCUT2D eigenvalue weighted by Crippen LogP contribution is 2.55. The topological polar surface area (TPSA) is 45.0 Å². The number of carbonyl (C=O) groups excluding carboxylic acids is 1. The van der Waals surface area contributed by atoms with Gasteiger partial charge in [-0.25, -0.2) is 8.78 Å². The van der Waals surface area contributed by atoms with Crippen LogP contribution in [0.2, 0.25) is 0 Å². The van der Waals surface area contributed by atoms with Gasteiger partial charge < -0.3 is 4.90 Å². The summed E-state index contributed by atoms with van der Waals surface area (Å²) in [5, 5.41) is 0. The predicted octanol–water partition coefficient (Wildman–Crippen LogP) is 6.70. The molecule has 4 nitrogen and oxygen atoms in total. The van der Waals surface area contributed by atoms with Crippen molar-refractivity contribution in [2.75, 3.05) is 4.90 Å². The van der Waals surface area contributed by atoms with Gasteiger partial charge in [0.05, 0.1) is 23.4 Å². The predicted molar refractivity (Wildman–Crippen MR) is 129 cm³/mol. The zero-order valence-electron chi connectivity index (χ0n) is 18.8. The lowest BCUT2D eigenvalue weighted by molar-refractivity contribution is -0.131. The number of allylic oxidation sites excluding steroid dienone is 3. The van der Waals surface area contributed by atoms with Gasteiger partial charge in [-0.15, -0.1) is 0 Å². The minimum atomic E-state index is -0.693. The molecule has 2 fully saturated rings. The average Bonchev–Trinajstić information content (AvgIpc) is 3.63. The van der Waals surface area contributed by atoms with Crippen molar-refractivity contribution in [2.45, 2.75) is 39.2 Å². The summed E-state index contributed by atoms with van der Waals surface area (Å²) >= 11 is 0. The molecule has 6 heteroatoms. The lowest BCUT2D eigenvalue weighted by Gasteiger charge is -2.48. The van der Waals surface area contributed by atoms with Crippen LogP contribution in [-0.4, -0.2) is 18.3 Å². The largest absolute Gasteiger partial charge is 0.303 e. The van der Waals surface area contributed by atoms with E-state index in [1.165, 1.54) is 17.0 Å². The molecule has 1 aliphatic carbocycles. The number of benzene rings is 2. The highest BCUT2D eigenvalue weighted by molar-refractivity contribution is 6.09. The number of β-lactam (4-membered cyclic amide) rings is 1.